The Hall–Kier alpha value is 0.137. The van der Waals surface area contributed by atoms with Crippen molar-refractivity contribution in [2.45, 2.75) is 45.7 Å². The van der Waals surface area contributed by atoms with E-state index >= 15 is 0 Å². The van der Waals surface area contributed by atoms with Crippen molar-refractivity contribution in [2.24, 2.45) is 0 Å². The highest BCUT2D eigenvalue weighted by Gasteiger charge is 2.33. The molecule has 0 fully saturated rings. The molecule has 3 heteroatoms. The van der Waals surface area contributed by atoms with Crippen LogP contribution < -0.4 is 0 Å². The monoisotopic (exact) mass is 190 g/mol. The molecule has 0 saturated carbocycles. The maximum atomic E-state index is 5.78. The van der Waals surface area contributed by atoms with E-state index in [2.05, 4.69) is 13.8 Å². The molecule has 0 aromatic carbocycles. The van der Waals surface area contributed by atoms with Gasteiger partial charge in [-0.25, -0.2) is 0 Å². The summed E-state index contributed by atoms with van der Waals surface area (Å²) >= 11 is 0. The molecule has 2 nitrogen and oxygen atoms in total. The van der Waals surface area contributed by atoms with E-state index in [-0.39, 0.29) is 0 Å². The Bertz CT molecular complexity index is 89.7. The molecule has 0 aliphatic carbocycles. The molecule has 74 valence electrons. The Labute approximate surface area is 77.5 Å². The lowest BCUT2D eigenvalue weighted by molar-refractivity contribution is 0.207. The van der Waals surface area contributed by atoms with Crippen molar-refractivity contribution in [3.05, 3.63) is 0 Å². The highest BCUT2D eigenvalue weighted by Crippen LogP contribution is 2.21. The fourth-order valence-corrected chi connectivity index (χ4v) is 4.67. The topological polar surface area (TPSA) is 18.5 Å². The molecular weight excluding hydrogens is 168 g/mol. The molecular formula is C9H22O2Si. The smallest absolute Gasteiger partial charge is 0.337 e. The van der Waals surface area contributed by atoms with Gasteiger partial charge < -0.3 is 8.85 Å². The molecule has 0 rings (SSSR count). The Morgan fingerprint density at radius 1 is 1.00 bits per heavy atom. The number of hydrogen-bond acceptors (Lipinski definition) is 2. The maximum Gasteiger partial charge on any atom is 0.337 e. The van der Waals surface area contributed by atoms with Crippen molar-refractivity contribution < 1.29 is 8.85 Å². The van der Waals surface area contributed by atoms with Crippen LogP contribution in [-0.4, -0.2) is 22.3 Å². The summed E-state index contributed by atoms with van der Waals surface area (Å²) in [7, 11) is 0.0293. The summed E-state index contributed by atoms with van der Waals surface area (Å²) in [5.74, 6) is 0. The predicted molar refractivity (Wildman–Crippen MR) is 54.6 cm³/mol. The molecule has 12 heavy (non-hydrogen) atoms. The van der Waals surface area contributed by atoms with Gasteiger partial charge in [-0.15, -0.1) is 0 Å². The first kappa shape index (κ1) is 12.1. The van der Waals surface area contributed by atoms with Gasteiger partial charge >= 0.3 is 8.56 Å². The zero-order valence-electron chi connectivity index (χ0n) is 8.85. The van der Waals surface area contributed by atoms with Crippen LogP contribution >= 0.6 is 0 Å². The van der Waals surface area contributed by atoms with Crippen LogP contribution in [0.15, 0.2) is 0 Å². The molecule has 0 atom stereocenters. The van der Waals surface area contributed by atoms with Gasteiger partial charge in [-0.2, -0.15) is 0 Å². The second-order valence-corrected chi connectivity index (χ2v) is 6.57. The van der Waals surface area contributed by atoms with Gasteiger partial charge in [0.2, 0.25) is 0 Å². The van der Waals surface area contributed by atoms with Crippen molar-refractivity contribution in [1.29, 1.82) is 0 Å². The van der Waals surface area contributed by atoms with E-state index < -0.39 is 8.56 Å². The van der Waals surface area contributed by atoms with Crippen LogP contribution in [-0.2, 0) is 8.85 Å². The van der Waals surface area contributed by atoms with Gasteiger partial charge in [0, 0.05) is 13.7 Å². The minimum atomic E-state index is -1.77. The number of hydrogen-bond donors (Lipinski definition) is 0. The van der Waals surface area contributed by atoms with E-state index in [1.165, 1.54) is 12.8 Å². The lowest BCUT2D eigenvalue weighted by atomic mass is 10.6. The summed E-state index contributed by atoms with van der Waals surface area (Å²) in [6.45, 7) is 7.22. The van der Waals surface area contributed by atoms with Gasteiger partial charge in [-0.05, 0) is 19.0 Å². The fraction of sp³-hybridized carbons (Fsp3) is 1.00. The zero-order valence-corrected chi connectivity index (χ0v) is 9.85. The van der Waals surface area contributed by atoms with Crippen LogP contribution in [0.2, 0.25) is 12.1 Å². The Morgan fingerprint density at radius 3 is 1.75 bits per heavy atom. The standard InChI is InChI=1S/C9H22O2Si/c1-5-8-12(10-4,9-6-2)11-7-3/h5-9H2,1-4H3. The zero-order chi connectivity index (χ0) is 9.45. The summed E-state index contributed by atoms with van der Waals surface area (Å²) in [5.41, 5.74) is 0. The fourth-order valence-electron chi connectivity index (χ4n) is 1.56. The van der Waals surface area contributed by atoms with E-state index in [0.717, 1.165) is 18.7 Å². The molecule has 0 heterocycles. The minimum absolute atomic E-state index is 0.792. The summed E-state index contributed by atoms with van der Waals surface area (Å²) in [6, 6.07) is 2.26. The van der Waals surface area contributed by atoms with E-state index in [4.69, 9.17) is 8.85 Å². The average Bonchev–Trinajstić information content (AvgIpc) is 2.06. The Kier molecular flexibility index (Phi) is 6.71. The van der Waals surface area contributed by atoms with E-state index in [0.29, 0.717) is 0 Å². The SMILES string of the molecule is CCC[Si](CCC)(OC)OCC. The molecule has 0 bridgehead atoms. The lowest BCUT2D eigenvalue weighted by Crippen LogP contribution is -2.40. The molecule has 0 aromatic heterocycles. The van der Waals surface area contributed by atoms with E-state index in [1.54, 1.807) is 7.11 Å². The van der Waals surface area contributed by atoms with Crippen LogP contribution in [0.3, 0.4) is 0 Å². The Balaban J connectivity index is 4.06. The summed E-state index contributed by atoms with van der Waals surface area (Å²) < 4.78 is 11.4. The van der Waals surface area contributed by atoms with Crippen LogP contribution in [0, 0.1) is 0 Å². The lowest BCUT2D eigenvalue weighted by Gasteiger charge is -2.27. The van der Waals surface area contributed by atoms with Crippen LogP contribution in [0.5, 0.6) is 0 Å². The molecule has 0 amide bonds. The highest BCUT2D eigenvalue weighted by molar-refractivity contribution is 6.67. The second-order valence-electron chi connectivity index (χ2n) is 3.05. The molecule has 0 N–H and O–H groups in total. The van der Waals surface area contributed by atoms with Crippen LogP contribution in [0.1, 0.15) is 33.6 Å². The quantitative estimate of drug-likeness (QED) is 0.575. The summed E-state index contributed by atoms with van der Waals surface area (Å²) in [4.78, 5) is 0. The van der Waals surface area contributed by atoms with Crippen LogP contribution in [0.4, 0.5) is 0 Å². The Morgan fingerprint density at radius 2 is 1.50 bits per heavy atom. The largest absolute Gasteiger partial charge is 0.398 e. The third kappa shape index (κ3) is 3.69. The van der Waals surface area contributed by atoms with Gasteiger partial charge in [-0.3, -0.25) is 0 Å². The van der Waals surface area contributed by atoms with Crippen LogP contribution in [0.25, 0.3) is 0 Å². The van der Waals surface area contributed by atoms with E-state index in [1.807, 2.05) is 6.92 Å². The first-order valence-corrected chi connectivity index (χ1v) is 7.16. The third-order valence-corrected chi connectivity index (χ3v) is 6.12. The predicted octanol–water partition coefficient (Wildman–Crippen LogP) is 2.93. The molecule has 0 radical (unpaired) electrons. The number of rotatable bonds is 7. The molecule has 0 unspecified atom stereocenters. The van der Waals surface area contributed by atoms with Gasteiger partial charge in [-0.1, -0.05) is 26.7 Å². The van der Waals surface area contributed by atoms with Gasteiger partial charge in [0.25, 0.3) is 0 Å². The van der Waals surface area contributed by atoms with Crippen molar-refractivity contribution in [2.75, 3.05) is 13.7 Å². The van der Waals surface area contributed by atoms with Gasteiger partial charge in [0.05, 0.1) is 0 Å². The van der Waals surface area contributed by atoms with Gasteiger partial charge in [0.1, 0.15) is 0 Å². The summed E-state index contributed by atoms with van der Waals surface area (Å²) in [5, 5.41) is 0. The summed E-state index contributed by atoms with van der Waals surface area (Å²) in [6.07, 6.45) is 2.33. The minimum Gasteiger partial charge on any atom is -0.398 e. The van der Waals surface area contributed by atoms with Crippen molar-refractivity contribution >= 4 is 8.56 Å². The normalized spacial score (nSPS) is 12.0. The second kappa shape index (κ2) is 6.63. The third-order valence-electron chi connectivity index (χ3n) is 2.04. The molecule has 0 saturated heterocycles. The van der Waals surface area contributed by atoms with Crippen molar-refractivity contribution in [3.8, 4) is 0 Å². The first-order valence-electron chi connectivity index (χ1n) is 4.93. The van der Waals surface area contributed by atoms with E-state index in [9.17, 15) is 0 Å². The molecule has 0 aliphatic heterocycles. The highest BCUT2D eigenvalue weighted by atomic mass is 28.4. The van der Waals surface area contributed by atoms with Crippen molar-refractivity contribution in [3.63, 3.8) is 0 Å². The average molecular weight is 190 g/mol. The first-order chi connectivity index (χ1) is 5.74. The maximum absolute atomic E-state index is 5.78. The molecule has 0 aliphatic rings. The molecule has 0 aromatic rings. The van der Waals surface area contributed by atoms with Gasteiger partial charge in [0.15, 0.2) is 0 Å². The van der Waals surface area contributed by atoms with Crippen molar-refractivity contribution in [1.82, 2.24) is 0 Å². The molecule has 0 spiro atoms.